The predicted octanol–water partition coefficient (Wildman–Crippen LogP) is 4.25. The Bertz CT molecular complexity index is 1420. The van der Waals surface area contributed by atoms with Crippen LogP contribution in [-0.4, -0.2) is 75.1 Å². The van der Waals surface area contributed by atoms with Crippen molar-refractivity contribution < 1.29 is 13.9 Å². The van der Waals surface area contributed by atoms with Crippen molar-refractivity contribution >= 4 is 32.4 Å². The van der Waals surface area contributed by atoms with Crippen LogP contribution < -0.4 is 9.80 Å². The lowest BCUT2D eigenvalue weighted by molar-refractivity contribution is -0.0650. The number of hydrogen-bond acceptors (Lipinski definition) is 8. The van der Waals surface area contributed by atoms with Gasteiger partial charge in [-0.15, -0.1) is 0 Å². The van der Waals surface area contributed by atoms with Gasteiger partial charge in [0.1, 0.15) is 29.9 Å². The van der Waals surface area contributed by atoms with Crippen molar-refractivity contribution in [2.24, 2.45) is 0 Å². The van der Waals surface area contributed by atoms with Gasteiger partial charge in [0.15, 0.2) is 5.13 Å². The molecule has 2 fully saturated rings. The summed E-state index contributed by atoms with van der Waals surface area (Å²) in [6.45, 7) is 6.90. The first-order chi connectivity index (χ1) is 18.9. The number of piperazine rings is 1. The standard InChI is InChI=1S/C28H33F2N7OS/c1-20(28(38,17-37-19-31-18-32-37)23-7-5-21(29)15-24(23)30)34-11-13-36(14-12-34)27-33-25-8-6-22(16-26(25)39-27)35-9-3-2-4-10-35/h5-8,15-16,18-20,38H,2-4,9-14,17H2,1H3/t20-,28-/m1/s1. The normalized spacial score (nSPS) is 19.4. The number of halogens is 2. The molecule has 0 amide bonds. The second-order valence-corrected chi connectivity index (χ2v) is 11.5. The van der Waals surface area contributed by atoms with Crippen molar-refractivity contribution in [2.75, 3.05) is 49.1 Å². The largest absolute Gasteiger partial charge is 0.381 e. The second kappa shape index (κ2) is 10.8. The molecule has 1 N–H and O–H groups in total. The summed E-state index contributed by atoms with van der Waals surface area (Å²) in [5.41, 5.74) is 0.690. The number of thiazole rings is 1. The Hall–Kier alpha value is -3.15. The SMILES string of the molecule is C[C@@H](N1CCN(c2nc3ccc(N4CCCCC4)cc3s2)CC1)[C@](O)(Cn1cncn1)c1ccc(F)cc1F. The molecule has 2 atom stereocenters. The molecule has 0 bridgehead atoms. The minimum atomic E-state index is -1.64. The summed E-state index contributed by atoms with van der Waals surface area (Å²) in [6.07, 6.45) is 6.66. The average molecular weight is 554 g/mol. The molecule has 0 spiro atoms. The summed E-state index contributed by atoms with van der Waals surface area (Å²) < 4.78 is 31.3. The van der Waals surface area contributed by atoms with Crippen LogP contribution in [0.15, 0.2) is 49.1 Å². The molecule has 4 aromatic rings. The van der Waals surface area contributed by atoms with E-state index in [0.717, 1.165) is 42.9 Å². The quantitative estimate of drug-likeness (QED) is 0.367. The Kier molecular flexibility index (Phi) is 7.22. The third-order valence-electron chi connectivity index (χ3n) is 8.17. The Morgan fingerprint density at radius 1 is 0.974 bits per heavy atom. The van der Waals surface area contributed by atoms with Crippen LogP contribution in [0.25, 0.3) is 10.2 Å². The lowest BCUT2D eigenvalue weighted by atomic mass is 9.85. The summed E-state index contributed by atoms with van der Waals surface area (Å²) in [5, 5.41) is 17.1. The van der Waals surface area contributed by atoms with Crippen molar-refractivity contribution in [3.05, 3.63) is 66.3 Å². The number of fused-ring (bicyclic) bond motifs is 1. The number of rotatable bonds is 7. The van der Waals surface area contributed by atoms with Gasteiger partial charge in [0.25, 0.3) is 0 Å². The number of anilines is 2. The summed E-state index contributed by atoms with van der Waals surface area (Å²) in [7, 11) is 0. The Balaban J connectivity index is 1.18. The number of piperidine rings is 1. The lowest BCUT2D eigenvalue weighted by Gasteiger charge is -2.44. The molecule has 2 aromatic carbocycles. The van der Waals surface area contributed by atoms with Gasteiger partial charge in [-0.2, -0.15) is 5.10 Å². The van der Waals surface area contributed by atoms with E-state index in [9.17, 15) is 13.9 Å². The first-order valence-electron chi connectivity index (χ1n) is 13.6. The van der Waals surface area contributed by atoms with E-state index >= 15 is 0 Å². The van der Waals surface area contributed by atoms with Gasteiger partial charge in [0.2, 0.25) is 0 Å². The molecule has 8 nitrogen and oxygen atoms in total. The highest BCUT2D eigenvalue weighted by Crippen LogP contribution is 2.36. The molecular weight excluding hydrogens is 520 g/mol. The van der Waals surface area contributed by atoms with E-state index in [1.807, 2.05) is 6.92 Å². The van der Waals surface area contributed by atoms with Crippen LogP contribution in [-0.2, 0) is 12.1 Å². The van der Waals surface area contributed by atoms with Crippen LogP contribution in [0.3, 0.4) is 0 Å². The van der Waals surface area contributed by atoms with Crippen molar-refractivity contribution in [3.8, 4) is 0 Å². The first-order valence-corrected chi connectivity index (χ1v) is 14.4. The van der Waals surface area contributed by atoms with Crippen molar-refractivity contribution in [1.82, 2.24) is 24.6 Å². The Morgan fingerprint density at radius 2 is 1.77 bits per heavy atom. The van der Waals surface area contributed by atoms with Crippen LogP contribution in [0, 0.1) is 11.6 Å². The molecule has 2 saturated heterocycles. The Labute approximate surface area is 230 Å². The third kappa shape index (κ3) is 5.22. The van der Waals surface area contributed by atoms with Gasteiger partial charge in [-0.3, -0.25) is 4.90 Å². The summed E-state index contributed by atoms with van der Waals surface area (Å²) in [6, 6.07) is 9.43. The number of benzene rings is 2. The molecule has 0 radical (unpaired) electrons. The number of aromatic nitrogens is 4. The molecular formula is C28H33F2N7OS. The molecule has 2 aliphatic heterocycles. The lowest BCUT2D eigenvalue weighted by Crippen LogP contribution is -2.57. The van der Waals surface area contributed by atoms with E-state index in [4.69, 9.17) is 4.98 Å². The first kappa shape index (κ1) is 26.1. The van der Waals surface area contributed by atoms with Crippen molar-refractivity contribution in [1.29, 1.82) is 0 Å². The van der Waals surface area contributed by atoms with Gasteiger partial charge >= 0.3 is 0 Å². The predicted molar refractivity (Wildman–Crippen MR) is 149 cm³/mol. The summed E-state index contributed by atoms with van der Waals surface area (Å²) in [5.74, 6) is -1.46. The summed E-state index contributed by atoms with van der Waals surface area (Å²) >= 11 is 1.72. The smallest absolute Gasteiger partial charge is 0.186 e. The minimum absolute atomic E-state index is 0.00580. The van der Waals surface area contributed by atoms with Crippen LogP contribution in [0.2, 0.25) is 0 Å². The topological polar surface area (TPSA) is 73.6 Å². The number of aliphatic hydroxyl groups is 1. The van der Waals surface area contributed by atoms with Gasteiger partial charge in [-0.05, 0) is 50.5 Å². The zero-order chi connectivity index (χ0) is 27.0. The highest BCUT2D eigenvalue weighted by molar-refractivity contribution is 7.22. The molecule has 206 valence electrons. The minimum Gasteiger partial charge on any atom is -0.381 e. The highest BCUT2D eigenvalue weighted by atomic mass is 32.1. The highest BCUT2D eigenvalue weighted by Gasteiger charge is 2.42. The fourth-order valence-electron chi connectivity index (χ4n) is 5.83. The van der Waals surface area contributed by atoms with Gasteiger partial charge < -0.3 is 14.9 Å². The molecule has 0 aliphatic carbocycles. The monoisotopic (exact) mass is 553 g/mol. The van der Waals surface area contributed by atoms with E-state index in [1.165, 1.54) is 59.1 Å². The maximum atomic E-state index is 15.0. The molecule has 0 saturated carbocycles. The van der Waals surface area contributed by atoms with Crippen LogP contribution >= 0.6 is 11.3 Å². The molecule has 39 heavy (non-hydrogen) atoms. The van der Waals surface area contributed by atoms with E-state index < -0.39 is 23.3 Å². The van der Waals surface area contributed by atoms with E-state index in [0.29, 0.717) is 13.1 Å². The molecule has 4 heterocycles. The second-order valence-electron chi connectivity index (χ2n) is 10.5. The average Bonchev–Trinajstić information content (AvgIpc) is 3.62. The maximum absolute atomic E-state index is 15.0. The molecule has 11 heteroatoms. The molecule has 6 rings (SSSR count). The van der Waals surface area contributed by atoms with Crippen LogP contribution in [0.4, 0.5) is 19.6 Å². The molecule has 2 aromatic heterocycles. The third-order valence-corrected chi connectivity index (χ3v) is 9.25. The maximum Gasteiger partial charge on any atom is 0.186 e. The zero-order valence-corrected chi connectivity index (χ0v) is 22.8. The van der Waals surface area contributed by atoms with Gasteiger partial charge in [-0.1, -0.05) is 17.4 Å². The van der Waals surface area contributed by atoms with Gasteiger partial charge in [0.05, 0.1) is 16.8 Å². The number of hydrogen-bond donors (Lipinski definition) is 1. The molecule has 2 aliphatic rings. The fraction of sp³-hybridized carbons (Fsp3) is 0.464. The summed E-state index contributed by atoms with van der Waals surface area (Å²) in [4.78, 5) is 15.8. The Morgan fingerprint density at radius 3 is 2.49 bits per heavy atom. The van der Waals surface area contributed by atoms with Gasteiger partial charge in [0, 0.05) is 62.6 Å². The van der Waals surface area contributed by atoms with Crippen LogP contribution in [0.1, 0.15) is 31.7 Å². The van der Waals surface area contributed by atoms with Crippen LogP contribution in [0.5, 0.6) is 0 Å². The number of nitrogens with zero attached hydrogens (tertiary/aromatic N) is 7. The van der Waals surface area contributed by atoms with E-state index in [-0.39, 0.29) is 12.1 Å². The van der Waals surface area contributed by atoms with Crippen molar-refractivity contribution in [2.45, 2.75) is 44.4 Å². The van der Waals surface area contributed by atoms with Crippen molar-refractivity contribution in [3.63, 3.8) is 0 Å². The zero-order valence-electron chi connectivity index (χ0n) is 22.0. The fourth-order valence-corrected chi connectivity index (χ4v) is 6.88. The molecule has 0 unspecified atom stereocenters. The van der Waals surface area contributed by atoms with Gasteiger partial charge in [-0.25, -0.2) is 23.4 Å². The van der Waals surface area contributed by atoms with E-state index in [1.54, 1.807) is 11.3 Å². The van der Waals surface area contributed by atoms with E-state index in [2.05, 4.69) is 43.0 Å².